The Morgan fingerprint density at radius 1 is 1.46 bits per heavy atom. The van der Waals surface area contributed by atoms with Crippen LogP contribution in [0.4, 0.5) is 0 Å². The molecule has 0 amide bonds. The summed E-state index contributed by atoms with van der Waals surface area (Å²) in [5.41, 5.74) is 1.75. The van der Waals surface area contributed by atoms with Gasteiger partial charge < -0.3 is 0 Å². The minimum Gasteiger partial charge on any atom is -0.293 e. The average Bonchev–Trinajstić information content (AvgIpc) is 2.17. The first-order valence-corrected chi connectivity index (χ1v) is 5.43. The van der Waals surface area contributed by atoms with E-state index in [1.165, 1.54) is 0 Å². The molecule has 13 heavy (non-hydrogen) atoms. The Morgan fingerprint density at radius 2 is 2.00 bits per heavy atom. The standard InChI is InChI=1S/C10H10BrClO/c1-7(11)10(13)9-4-2-8(6-12)3-5-9/h2-5,7H,6H2,1H3. The van der Waals surface area contributed by atoms with E-state index >= 15 is 0 Å². The number of ketones is 1. The van der Waals surface area contributed by atoms with Gasteiger partial charge in [0.05, 0.1) is 4.83 Å². The summed E-state index contributed by atoms with van der Waals surface area (Å²) in [5, 5.41) is 0. The highest BCUT2D eigenvalue weighted by atomic mass is 79.9. The Labute approximate surface area is 91.2 Å². The lowest BCUT2D eigenvalue weighted by atomic mass is 10.1. The fourth-order valence-corrected chi connectivity index (χ4v) is 1.43. The van der Waals surface area contributed by atoms with Gasteiger partial charge in [0.25, 0.3) is 0 Å². The summed E-state index contributed by atoms with van der Waals surface area (Å²) in [5.74, 6) is 0.583. The summed E-state index contributed by atoms with van der Waals surface area (Å²) in [6.07, 6.45) is 0. The first-order chi connectivity index (χ1) is 6.15. The van der Waals surface area contributed by atoms with E-state index in [0.717, 1.165) is 11.1 Å². The summed E-state index contributed by atoms with van der Waals surface area (Å²) in [6.45, 7) is 1.82. The Hall–Kier alpha value is -0.340. The molecular formula is C10H10BrClO. The molecule has 0 aliphatic rings. The summed E-state index contributed by atoms with van der Waals surface area (Å²) in [6, 6.07) is 7.35. The van der Waals surface area contributed by atoms with Crippen molar-refractivity contribution in [1.29, 1.82) is 0 Å². The lowest BCUT2D eigenvalue weighted by Gasteiger charge is -2.02. The molecule has 1 aromatic carbocycles. The average molecular weight is 262 g/mol. The van der Waals surface area contributed by atoms with E-state index in [0.29, 0.717) is 5.88 Å². The maximum Gasteiger partial charge on any atom is 0.176 e. The SMILES string of the molecule is CC(Br)C(=O)c1ccc(CCl)cc1. The third-order valence-electron chi connectivity index (χ3n) is 1.75. The van der Waals surface area contributed by atoms with E-state index in [-0.39, 0.29) is 10.6 Å². The molecule has 3 heteroatoms. The molecule has 0 aromatic heterocycles. The second-order valence-corrected chi connectivity index (χ2v) is 4.45. The van der Waals surface area contributed by atoms with Crippen molar-refractivity contribution in [2.45, 2.75) is 17.6 Å². The molecule has 1 rings (SSSR count). The van der Waals surface area contributed by atoms with Crippen LogP contribution < -0.4 is 0 Å². The monoisotopic (exact) mass is 260 g/mol. The van der Waals surface area contributed by atoms with Gasteiger partial charge >= 0.3 is 0 Å². The molecular weight excluding hydrogens is 251 g/mol. The quantitative estimate of drug-likeness (QED) is 0.602. The molecule has 70 valence electrons. The van der Waals surface area contributed by atoms with Crippen LogP contribution >= 0.6 is 27.5 Å². The second-order valence-electron chi connectivity index (χ2n) is 2.81. The van der Waals surface area contributed by atoms with Gasteiger partial charge in [-0.25, -0.2) is 0 Å². The van der Waals surface area contributed by atoms with Gasteiger partial charge in [-0.3, -0.25) is 4.79 Å². The molecule has 0 bridgehead atoms. The van der Waals surface area contributed by atoms with Crippen LogP contribution in [-0.4, -0.2) is 10.6 Å². The van der Waals surface area contributed by atoms with Crippen LogP contribution in [0.2, 0.25) is 0 Å². The minimum absolute atomic E-state index is 0.0983. The molecule has 0 saturated heterocycles. The Kier molecular flexibility index (Phi) is 3.94. The van der Waals surface area contributed by atoms with Crippen LogP contribution in [0.1, 0.15) is 22.8 Å². The number of benzene rings is 1. The molecule has 1 atom stereocenters. The van der Waals surface area contributed by atoms with Gasteiger partial charge in [-0.2, -0.15) is 0 Å². The zero-order chi connectivity index (χ0) is 9.84. The number of carbonyl (C=O) groups excluding carboxylic acids is 1. The van der Waals surface area contributed by atoms with Crippen molar-refractivity contribution in [3.63, 3.8) is 0 Å². The maximum atomic E-state index is 11.5. The third kappa shape index (κ3) is 2.82. The van der Waals surface area contributed by atoms with Crippen LogP contribution in [0.25, 0.3) is 0 Å². The number of carbonyl (C=O) groups is 1. The molecule has 0 fully saturated rings. The zero-order valence-corrected chi connectivity index (χ0v) is 9.60. The summed E-state index contributed by atoms with van der Waals surface area (Å²) in [7, 11) is 0. The molecule has 0 aliphatic heterocycles. The predicted octanol–water partition coefficient (Wildman–Crippen LogP) is 3.39. The van der Waals surface area contributed by atoms with Gasteiger partial charge in [0.2, 0.25) is 0 Å². The summed E-state index contributed by atoms with van der Waals surface area (Å²) in [4.78, 5) is 11.3. The van der Waals surface area contributed by atoms with E-state index in [9.17, 15) is 4.79 Å². The van der Waals surface area contributed by atoms with Crippen molar-refractivity contribution >= 4 is 33.3 Å². The van der Waals surface area contributed by atoms with Gasteiger partial charge in [0, 0.05) is 11.4 Å². The lowest BCUT2D eigenvalue weighted by molar-refractivity contribution is 0.0996. The highest BCUT2D eigenvalue weighted by Crippen LogP contribution is 2.12. The highest BCUT2D eigenvalue weighted by Gasteiger charge is 2.10. The number of hydrogen-bond acceptors (Lipinski definition) is 1. The van der Waals surface area contributed by atoms with Crippen molar-refractivity contribution in [2.24, 2.45) is 0 Å². The van der Waals surface area contributed by atoms with Crippen LogP contribution in [0.15, 0.2) is 24.3 Å². The van der Waals surface area contributed by atoms with Gasteiger partial charge in [-0.05, 0) is 12.5 Å². The first kappa shape index (κ1) is 10.7. The van der Waals surface area contributed by atoms with Crippen molar-refractivity contribution in [3.8, 4) is 0 Å². The maximum absolute atomic E-state index is 11.5. The number of Topliss-reactive ketones (excluding diaryl/α,β-unsaturated/α-hetero) is 1. The van der Waals surface area contributed by atoms with Crippen molar-refractivity contribution in [2.75, 3.05) is 0 Å². The molecule has 0 radical (unpaired) electrons. The van der Waals surface area contributed by atoms with Gasteiger partial charge in [0.15, 0.2) is 5.78 Å². The van der Waals surface area contributed by atoms with Crippen molar-refractivity contribution in [3.05, 3.63) is 35.4 Å². The Balaban J connectivity index is 2.86. The molecule has 1 nitrogen and oxygen atoms in total. The zero-order valence-electron chi connectivity index (χ0n) is 7.26. The van der Waals surface area contributed by atoms with Crippen molar-refractivity contribution in [1.82, 2.24) is 0 Å². The van der Waals surface area contributed by atoms with Gasteiger partial charge in [-0.1, -0.05) is 40.2 Å². The van der Waals surface area contributed by atoms with E-state index < -0.39 is 0 Å². The summed E-state index contributed by atoms with van der Waals surface area (Å²) >= 11 is 8.86. The molecule has 0 saturated carbocycles. The Morgan fingerprint density at radius 3 is 2.38 bits per heavy atom. The van der Waals surface area contributed by atoms with Crippen LogP contribution in [-0.2, 0) is 5.88 Å². The number of alkyl halides is 2. The Bertz CT molecular complexity index is 292. The topological polar surface area (TPSA) is 17.1 Å². The molecule has 1 unspecified atom stereocenters. The minimum atomic E-state index is -0.130. The molecule has 0 aliphatic carbocycles. The van der Waals surface area contributed by atoms with Crippen LogP contribution in [0, 0.1) is 0 Å². The lowest BCUT2D eigenvalue weighted by Crippen LogP contribution is -2.09. The number of hydrogen-bond donors (Lipinski definition) is 0. The number of halogens is 2. The largest absolute Gasteiger partial charge is 0.293 e. The number of rotatable bonds is 3. The smallest absolute Gasteiger partial charge is 0.176 e. The van der Waals surface area contributed by atoms with E-state index in [4.69, 9.17) is 11.6 Å². The normalized spacial score (nSPS) is 12.5. The second kappa shape index (κ2) is 4.77. The molecule has 0 heterocycles. The summed E-state index contributed by atoms with van der Waals surface area (Å²) < 4.78 is 0. The van der Waals surface area contributed by atoms with E-state index in [1.54, 1.807) is 12.1 Å². The third-order valence-corrected chi connectivity index (χ3v) is 2.48. The van der Waals surface area contributed by atoms with E-state index in [2.05, 4.69) is 15.9 Å². The molecule has 0 N–H and O–H groups in total. The molecule has 1 aromatic rings. The van der Waals surface area contributed by atoms with Crippen LogP contribution in [0.3, 0.4) is 0 Å². The fourth-order valence-electron chi connectivity index (χ4n) is 0.988. The van der Waals surface area contributed by atoms with Gasteiger partial charge in [-0.15, -0.1) is 11.6 Å². The molecule has 0 spiro atoms. The predicted molar refractivity (Wildman–Crippen MR) is 58.7 cm³/mol. The van der Waals surface area contributed by atoms with Gasteiger partial charge in [0.1, 0.15) is 0 Å². The van der Waals surface area contributed by atoms with E-state index in [1.807, 2.05) is 19.1 Å². The van der Waals surface area contributed by atoms with Crippen LogP contribution in [0.5, 0.6) is 0 Å². The first-order valence-electron chi connectivity index (χ1n) is 3.98. The highest BCUT2D eigenvalue weighted by molar-refractivity contribution is 9.10. The van der Waals surface area contributed by atoms with Crippen molar-refractivity contribution < 1.29 is 4.79 Å². The fraction of sp³-hybridized carbons (Fsp3) is 0.300.